The van der Waals surface area contributed by atoms with Crippen LogP contribution in [0.3, 0.4) is 0 Å². The maximum atomic E-state index is 10.9. The molecule has 0 aliphatic carbocycles. The molecule has 0 unspecified atom stereocenters. The minimum absolute atomic E-state index is 0.0593. The van der Waals surface area contributed by atoms with Crippen LogP contribution >= 0.6 is 0 Å². The van der Waals surface area contributed by atoms with Crippen molar-refractivity contribution in [1.29, 1.82) is 0 Å². The average molecular weight is 281 g/mol. The van der Waals surface area contributed by atoms with Gasteiger partial charge in [0, 0.05) is 25.2 Å². The van der Waals surface area contributed by atoms with Crippen molar-refractivity contribution in [3.8, 4) is 0 Å². The number of hydrogen-bond acceptors (Lipinski definition) is 5. The van der Waals surface area contributed by atoms with E-state index in [1.807, 2.05) is 0 Å². The molecule has 0 amide bonds. The molecule has 20 heavy (non-hydrogen) atoms. The van der Waals surface area contributed by atoms with Gasteiger partial charge in [0.1, 0.15) is 5.69 Å². The Hall–Kier alpha value is -1.66. The van der Waals surface area contributed by atoms with Crippen molar-refractivity contribution < 1.29 is 10.0 Å². The molecule has 0 radical (unpaired) electrons. The summed E-state index contributed by atoms with van der Waals surface area (Å²) < 4.78 is 0. The number of benzene rings is 1. The summed E-state index contributed by atoms with van der Waals surface area (Å²) in [7, 11) is 0. The molecule has 1 rings (SSSR count). The van der Waals surface area contributed by atoms with E-state index in [-0.39, 0.29) is 18.0 Å². The first kappa shape index (κ1) is 16.4. The zero-order valence-corrected chi connectivity index (χ0v) is 12.1. The van der Waals surface area contributed by atoms with Crippen molar-refractivity contribution in [2.75, 3.05) is 18.9 Å². The summed E-state index contributed by atoms with van der Waals surface area (Å²) in [5.74, 6) is 0. The number of hydrogen-bond donors (Lipinski definition) is 2. The number of nitrogen functional groups attached to an aromatic ring is 1. The maximum Gasteiger partial charge on any atom is 0.292 e. The molecule has 1 aromatic rings. The second kappa shape index (κ2) is 7.81. The molecule has 3 N–H and O–H groups in total. The third-order valence-electron chi connectivity index (χ3n) is 3.59. The van der Waals surface area contributed by atoms with Crippen molar-refractivity contribution in [2.24, 2.45) is 0 Å². The quantitative estimate of drug-likeness (QED) is 0.433. The number of aliphatic hydroxyl groups is 1. The number of nitro benzene ring substituents is 1. The number of aliphatic hydroxyl groups excluding tert-OH is 1. The van der Waals surface area contributed by atoms with E-state index in [1.165, 1.54) is 6.07 Å². The average Bonchev–Trinajstić information content (AvgIpc) is 2.42. The van der Waals surface area contributed by atoms with Crippen molar-refractivity contribution in [2.45, 2.75) is 39.3 Å². The molecule has 0 aliphatic heterocycles. The Morgan fingerprint density at radius 1 is 1.40 bits per heavy atom. The summed E-state index contributed by atoms with van der Waals surface area (Å²) in [4.78, 5) is 12.6. The molecule has 0 spiro atoms. The van der Waals surface area contributed by atoms with Crippen molar-refractivity contribution in [3.63, 3.8) is 0 Å². The fraction of sp³-hybridized carbons (Fsp3) is 0.571. The lowest BCUT2D eigenvalue weighted by Crippen LogP contribution is -2.36. The molecular weight excluding hydrogens is 258 g/mol. The van der Waals surface area contributed by atoms with Crippen molar-refractivity contribution in [3.05, 3.63) is 33.9 Å². The van der Waals surface area contributed by atoms with Gasteiger partial charge in [0.15, 0.2) is 0 Å². The molecule has 1 aromatic carbocycles. The lowest BCUT2D eigenvalue weighted by Gasteiger charge is -2.30. The molecule has 0 saturated carbocycles. The van der Waals surface area contributed by atoms with Gasteiger partial charge in [-0.15, -0.1) is 0 Å². The number of nitrogens with zero attached hydrogens (tertiary/aromatic N) is 2. The minimum atomic E-state index is -0.466. The van der Waals surface area contributed by atoms with Crippen molar-refractivity contribution in [1.82, 2.24) is 4.90 Å². The van der Waals surface area contributed by atoms with Gasteiger partial charge in [0.2, 0.25) is 0 Å². The molecule has 0 saturated heterocycles. The standard InChI is InChI=1S/C14H23N3O3/c1-3-12(4-2)16(8-9-18)10-11-6-5-7-13(14(11)15)17(19)20/h5-7,12,18H,3-4,8-10,15H2,1-2H3. The van der Waals surface area contributed by atoms with E-state index < -0.39 is 4.92 Å². The Kier molecular flexibility index (Phi) is 6.41. The molecule has 0 aliphatic rings. The van der Waals surface area contributed by atoms with E-state index >= 15 is 0 Å². The summed E-state index contributed by atoms with van der Waals surface area (Å²) in [6.07, 6.45) is 1.93. The highest BCUT2D eigenvalue weighted by molar-refractivity contribution is 5.62. The third-order valence-corrected chi connectivity index (χ3v) is 3.59. The van der Waals surface area contributed by atoms with E-state index in [4.69, 9.17) is 5.73 Å². The number of anilines is 1. The third kappa shape index (κ3) is 3.91. The van der Waals surface area contributed by atoms with Crippen LogP contribution in [-0.4, -0.2) is 34.1 Å². The highest BCUT2D eigenvalue weighted by atomic mass is 16.6. The molecule has 0 atom stereocenters. The molecule has 0 fully saturated rings. The lowest BCUT2D eigenvalue weighted by molar-refractivity contribution is -0.384. The minimum Gasteiger partial charge on any atom is -0.395 e. The molecule has 6 nitrogen and oxygen atoms in total. The predicted molar refractivity (Wildman–Crippen MR) is 79.4 cm³/mol. The Morgan fingerprint density at radius 2 is 2.05 bits per heavy atom. The number of nitro groups is 1. The summed E-state index contributed by atoms with van der Waals surface area (Å²) in [6.45, 7) is 5.30. The molecular formula is C14H23N3O3. The SMILES string of the molecule is CCC(CC)N(CCO)Cc1cccc([N+](=O)[O-])c1N. The van der Waals surface area contributed by atoms with Crippen LogP contribution in [0.4, 0.5) is 11.4 Å². The Bertz CT molecular complexity index is 447. The number of nitrogens with two attached hydrogens (primary N) is 1. The molecule has 6 heteroatoms. The number of rotatable bonds is 8. The van der Waals surface area contributed by atoms with Crippen LogP contribution in [0.25, 0.3) is 0 Å². The van der Waals surface area contributed by atoms with Gasteiger partial charge in [-0.05, 0) is 18.4 Å². The Labute approximate surface area is 119 Å². The highest BCUT2D eigenvalue weighted by Gasteiger charge is 2.19. The molecule has 112 valence electrons. The van der Waals surface area contributed by atoms with Crippen LogP contribution in [0.2, 0.25) is 0 Å². The van der Waals surface area contributed by atoms with Gasteiger partial charge >= 0.3 is 0 Å². The first-order valence-electron chi connectivity index (χ1n) is 6.91. The van der Waals surface area contributed by atoms with Crippen molar-refractivity contribution >= 4 is 11.4 Å². The van der Waals surface area contributed by atoms with Gasteiger partial charge in [0.25, 0.3) is 5.69 Å². The first-order valence-corrected chi connectivity index (χ1v) is 6.91. The zero-order valence-electron chi connectivity index (χ0n) is 12.1. The van der Waals surface area contributed by atoms with Gasteiger partial charge in [-0.25, -0.2) is 0 Å². The van der Waals surface area contributed by atoms with Crippen LogP contribution in [-0.2, 0) is 6.54 Å². The second-order valence-electron chi connectivity index (χ2n) is 4.77. The van der Waals surface area contributed by atoms with Crippen LogP contribution in [0, 0.1) is 10.1 Å². The topological polar surface area (TPSA) is 92.6 Å². The van der Waals surface area contributed by atoms with Gasteiger partial charge in [-0.2, -0.15) is 0 Å². The van der Waals surface area contributed by atoms with Crippen LogP contribution in [0.5, 0.6) is 0 Å². The highest BCUT2D eigenvalue weighted by Crippen LogP contribution is 2.26. The number of para-hydroxylation sites is 1. The van der Waals surface area contributed by atoms with E-state index in [0.717, 1.165) is 18.4 Å². The normalized spacial score (nSPS) is 11.2. The maximum absolute atomic E-state index is 10.9. The zero-order chi connectivity index (χ0) is 15.1. The van der Waals surface area contributed by atoms with E-state index in [0.29, 0.717) is 19.1 Å². The Morgan fingerprint density at radius 3 is 2.55 bits per heavy atom. The van der Waals surface area contributed by atoms with Crippen LogP contribution < -0.4 is 5.73 Å². The van der Waals surface area contributed by atoms with E-state index in [1.54, 1.807) is 12.1 Å². The Balaban J connectivity index is 2.99. The molecule has 0 heterocycles. The van der Waals surface area contributed by atoms with Crippen LogP contribution in [0.15, 0.2) is 18.2 Å². The lowest BCUT2D eigenvalue weighted by atomic mass is 10.1. The second-order valence-corrected chi connectivity index (χ2v) is 4.77. The van der Waals surface area contributed by atoms with Gasteiger partial charge in [-0.1, -0.05) is 26.0 Å². The van der Waals surface area contributed by atoms with E-state index in [2.05, 4.69) is 18.7 Å². The smallest absolute Gasteiger partial charge is 0.292 e. The van der Waals surface area contributed by atoms with Crippen LogP contribution in [0.1, 0.15) is 32.3 Å². The van der Waals surface area contributed by atoms with E-state index in [9.17, 15) is 15.2 Å². The van der Waals surface area contributed by atoms with Gasteiger partial charge < -0.3 is 10.8 Å². The monoisotopic (exact) mass is 281 g/mol. The summed E-state index contributed by atoms with van der Waals surface area (Å²) in [6, 6.07) is 5.19. The predicted octanol–water partition coefficient (Wildman–Crippen LogP) is 2.16. The summed E-state index contributed by atoms with van der Waals surface area (Å²) >= 11 is 0. The molecule has 0 aromatic heterocycles. The first-order chi connectivity index (χ1) is 9.54. The largest absolute Gasteiger partial charge is 0.395 e. The molecule has 0 bridgehead atoms. The fourth-order valence-corrected chi connectivity index (χ4v) is 2.44. The van der Waals surface area contributed by atoms with Gasteiger partial charge in [0.05, 0.1) is 11.5 Å². The fourth-order valence-electron chi connectivity index (χ4n) is 2.44. The van der Waals surface area contributed by atoms with Gasteiger partial charge in [-0.3, -0.25) is 15.0 Å². The summed E-state index contributed by atoms with van der Waals surface area (Å²) in [5.41, 5.74) is 6.77. The summed E-state index contributed by atoms with van der Waals surface area (Å²) in [5, 5.41) is 20.1.